The van der Waals surface area contributed by atoms with Crippen molar-refractivity contribution in [1.29, 1.82) is 0 Å². The maximum atomic E-state index is 13.2. The van der Waals surface area contributed by atoms with Crippen LogP contribution < -0.4 is 16.3 Å². The molecule has 1 aromatic heterocycles. The highest BCUT2D eigenvalue weighted by atomic mass is 16.6. The average molecular weight is 543 g/mol. The van der Waals surface area contributed by atoms with Gasteiger partial charge in [0.2, 0.25) is 5.91 Å². The molecule has 0 aliphatic carbocycles. The number of alkyl carbamates (subject to hydrolysis) is 1. The zero-order chi connectivity index (χ0) is 29.0. The van der Waals surface area contributed by atoms with Gasteiger partial charge >= 0.3 is 17.8 Å². The largest absolute Gasteiger partial charge is 0.444 e. The molecule has 1 aliphatic heterocycles. The van der Waals surface area contributed by atoms with E-state index in [9.17, 15) is 19.2 Å². The molecule has 12 nitrogen and oxygen atoms in total. The van der Waals surface area contributed by atoms with Gasteiger partial charge in [0.1, 0.15) is 17.0 Å². The van der Waals surface area contributed by atoms with Gasteiger partial charge in [-0.15, -0.1) is 0 Å². The van der Waals surface area contributed by atoms with Crippen LogP contribution in [0.2, 0.25) is 0 Å². The summed E-state index contributed by atoms with van der Waals surface area (Å²) in [7, 11) is 0. The SMILES string of the molecule is C[C@@H]1CN(C(=O)C(C)(C)NC(=O)OC(C)(C)C)CCN1C(=O)Nc1ccn(-c2ccc(CCO)cc2)c(=O)n1. The molecule has 12 heteroatoms. The number of piperazine rings is 1. The van der Waals surface area contributed by atoms with Crippen LogP contribution >= 0.6 is 0 Å². The van der Waals surface area contributed by atoms with E-state index in [1.54, 1.807) is 56.6 Å². The molecule has 2 aromatic rings. The van der Waals surface area contributed by atoms with Crippen molar-refractivity contribution in [3.8, 4) is 5.69 Å². The lowest BCUT2D eigenvalue weighted by atomic mass is 10.0. The van der Waals surface area contributed by atoms with Crippen LogP contribution in [-0.4, -0.2) is 85.9 Å². The number of hydrogen-bond acceptors (Lipinski definition) is 7. The average Bonchev–Trinajstić information content (AvgIpc) is 2.82. The van der Waals surface area contributed by atoms with E-state index in [2.05, 4.69) is 15.6 Å². The highest BCUT2D eigenvalue weighted by Crippen LogP contribution is 2.17. The maximum absolute atomic E-state index is 13.2. The molecule has 0 bridgehead atoms. The Kier molecular flexibility index (Phi) is 9.00. The van der Waals surface area contributed by atoms with Crippen molar-refractivity contribution >= 4 is 23.8 Å². The minimum atomic E-state index is -1.19. The van der Waals surface area contributed by atoms with Gasteiger partial charge in [0, 0.05) is 38.5 Å². The van der Waals surface area contributed by atoms with E-state index in [1.165, 1.54) is 16.8 Å². The van der Waals surface area contributed by atoms with Crippen molar-refractivity contribution in [2.24, 2.45) is 0 Å². The Morgan fingerprint density at radius 2 is 1.74 bits per heavy atom. The van der Waals surface area contributed by atoms with Crippen LogP contribution in [0.5, 0.6) is 0 Å². The van der Waals surface area contributed by atoms with Gasteiger partial charge in [0.05, 0.1) is 5.69 Å². The summed E-state index contributed by atoms with van der Waals surface area (Å²) in [6, 6.07) is 7.97. The van der Waals surface area contributed by atoms with E-state index in [0.29, 0.717) is 12.1 Å². The van der Waals surface area contributed by atoms with Crippen molar-refractivity contribution in [2.45, 2.75) is 65.1 Å². The molecule has 1 fully saturated rings. The fourth-order valence-corrected chi connectivity index (χ4v) is 4.25. The molecule has 1 saturated heterocycles. The summed E-state index contributed by atoms with van der Waals surface area (Å²) in [5.41, 5.74) is -0.871. The number of urea groups is 1. The standard InChI is InChI=1S/C27H38N6O6/c1-18-17-31(22(35)27(5,6)30-25(38)39-26(2,3)4)14-15-32(18)23(36)28-21-11-13-33(24(37)29-21)20-9-7-19(8-10-20)12-16-34/h7-11,13,18,34H,12,14-17H2,1-6H3,(H,30,38)(H,28,29,36,37)/t18-/m1/s1. The number of nitrogens with one attached hydrogen (secondary N) is 2. The predicted molar refractivity (Wildman–Crippen MR) is 146 cm³/mol. The summed E-state index contributed by atoms with van der Waals surface area (Å²) >= 11 is 0. The van der Waals surface area contributed by atoms with Gasteiger partial charge in [-0.1, -0.05) is 12.1 Å². The van der Waals surface area contributed by atoms with Crippen molar-refractivity contribution in [2.75, 3.05) is 31.6 Å². The van der Waals surface area contributed by atoms with Gasteiger partial charge < -0.3 is 25.0 Å². The summed E-state index contributed by atoms with van der Waals surface area (Å²) in [6.45, 7) is 11.1. The third kappa shape index (κ3) is 7.79. The van der Waals surface area contributed by atoms with Crippen LogP contribution in [0.1, 0.15) is 47.1 Å². The molecule has 3 N–H and O–H groups in total. The molecule has 0 saturated carbocycles. The molecular weight excluding hydrogens is 504 g/mol. The minimum absolute atomic E-state index is 0.0442. The third-order valence-electron chi connectivity index (χ3n) is 6.18. The second-order valence-electron chi connectivity index (χ2n) is 11.1. The first-order chi connectivity index (χ1) is 18.2. The lowest BCUT2D eigenvalue weighted by Gasteiger charge is -2.42. The Labute approximate surface area is 228 Å². The monoisotopic (exact) mass is 542 g/mol. The topological polar surface area (TPSA) is 146 Å². The quantitative estimate of drug-likeness (QED) is 0.507. The van der Waals surface area contributed by atoms with Crippen molar-refractivity contribution in [3.05, 3.63) is 52.6 Å². The first kappa shape index (κ1) is 29.6. The van der Waals surface area contributed by atoms with Crippen LogP contribution in [0.25, 0.3) is 5.69 Å². The minimum Gasteiger partial charge on any atom is -0.444 e. The van der Waals surface area contributed by atoms with E-state index in [-0.39, 0.29) is 44.0 Å². The lowest BCUT2D eigenvalue weighted by molar-refractivity contribution is -0.139. The first-order valence-corrected chi connectivity index (χ1v) is 12.9. The number of hydrogen-bond donors (Lipinski definition) is 3. The number of aliphatic hydroxyl groups excluding tert-OH is 1. The zero-order valence-electron chi connectivity index (χ0n) is 23.4. The molecule has 1 aliphatic rings. The maximum Gasteiger partial charge on any atom is 0.408 e. The zero-order valence-corrected chi connectivity index (χ0v) is 23.4. The Morgan fingerprint density at radius 1 is 1.08 bits per heavy atom. The predicted octanol–water partition coefficient (Wildman–Crippen LogP) is 2.14. The van der Waals surface area contributed by atoms with Crippen LogP contribution in [0.4, 0.5) is 15.4 Å². The number of rotatable bonds is 6. The highest BCUT2D eigenvalue weighted by Gasteiger charge is 2.38. The summed E-state index contributed by atoms with van der Waals surface area (Å²) in [5, 5.41) is 14.3. The summed E-state index contributed by atoms with van der Waals surface area (Å²) in [5.74, 6) is -0.165. The van der Waals surface area contributed by atoms with E-state index < -0.39 is 29.0 Å². The van der Waals surface area contributed by atoms with E-state index in [1.807, 2.05) is 19.1 Å². The molecule has 39 heavy (non-hydrogen) atoms. The van der Waals surface area contributed by atoms with Crippen LogP contribution in [0.3, 0.4) is 0 Å². The molecule has 4 amide bonds. The molecule has 212 valence electrons. The Morgan fingerprint density at radius 3 is 2.31 bits per heavy atom. The van der Waals surface area contributed by atoms with Gasteiger partial charge in [-0.25, -0.2) is 14.4 Å². The van der Waals surface area contributed by atoms with Gasteiger partial charge in [0.15, 0.2) is 0 Å². The van der Waals surface area contributed by atoms with Crippen molar-refractivity contribution in [3.63, 3.8) is 0 Å². The molecule has 3 rings (SSSR count). The smallest absolute Gasteiger partial charge is 0.408 e. The number of ether oxygens (including phenoxy) is 1. The van der Waals surface area contributed by atoms with Crippen molar-refractivity contribution < 1.29 is 24.2 Å². The van der Waals surface area contributed by atoms with Crippen molar-refractivity contribution in [1.82, 2.24) is 24.7 Å². The molecule has 0 radical (unpaired) electrons. The summed E-state index contributed by atoms with van der Waals surface area (Å²) in [6.07, 6.45) is 1.38. The number of amides is 4. The second-order valence-corrected chi connectivity index (χ2v) is 11.1. The lowest BCUT2D eigenvalue weighted by Crippen LogP contribution is -2.62. The first-order valence-electron chi connectivity index (χ1n) is 12.9. The molecule has 1 aromatic carbocycles. The number of aromatic nitrogens is 2. The van der Waals surface area contributed by atoms with Gasteiger partial charge in [0.25, 0.3) is 0 Å². The summed E-state index contributed by atoms with van der Waals surface area (Å²) in [4.78, 5) is 58.1. The number of carbonyl (C=O) groups is 3. The normalized spacial score (nSPS) is 16.0. The van der Waals surface area contributed by atoms with E-state index in [4.69, 9.17) is 9.84 Å². The third-order valence-corrected chi connectivity index (χ3v) is 6.18. The Bertz CT molecular complexity index is 1250. The Hall–Kier alpha value is -3.93. The van der Waals surface area contributed by atoms with E-state index in [0.717, 1.165) is 5.56 Å². The number of anilines is 1. The summed E-state index contributed by atoms with van der Waals surface area (Å²) < 4.78 is 6.63. The van der Waals surface area contributed by atoms with Gasteiger partial charge in [-0.2, -0.15) is 4.98 Å². The number of nitrogens with zero attached hydrogens (tertiary/aromatic N) is 4. The van der Waals surface area contributed by atoms with Crippen LogP contribution in [-0.2, 0) is 16.0 Å². The number of carbonyl (C=O) groups excluding carboxylic acids is 3. The van der Waals surface area contributed by atoms with Gasteiger partial charge in [-0.3, -0.25) is 14.7 Å². The fourth-order valence-electron chi connectivity index (χ4n) is 4.25. The molecule has 0 unspecified atom stereocenters. The fraction of sp³-hybridized carbons (Fsp3) is 0.519. The van der Waals surface area contributed by atoms with Crippen LogP contribution in [0.15, 0.2) is 41.3 Å². The Balaban J connectivity index is 1.59. The number of benzene rings is 1. The number of aliphatic hydroxyl groups is 1. The van der Waals surface area contributed by atoms with Crippen LogP contribution in [0, 0.1) is 0 Å². The van der Waals surface area contributed by atoms with E-state index >= 15 is 0 Å². The highest BCUT2D eigenvalue weighted by molar-refractivity contribution is 5.90. The second kappa shape index (κ2) is 11.9. The molecule has 2 heterocycles. The molecule has 0 spiro atoms. The van der Waals surface area contributed by atoms with Gasteiger partial charge in [-0.05, 0) is 71.7 Å². The molecule has 1 atom stereocenters. The molecular formula is C27H38N6O6.